The monoisotopic (exact) mass is 691 g/mol. The average Bonchev–Trinajstić information content (AvgIpc) is 3.02. The minimum atomic E-state index is -4.34. The normalized spacial score (nSPS) is 15.7. The Bertz CT molecular complexity index is 1060. The molecule has 0 spiro atoms. The summed E-state index contributed by atoms with van der Waals surface area (Å²) in [5.41, 5.74) is 0. The van der Waals surface area contributed by atoms with Gasteiger partial charge in [0.15, 0.2) is 0 Å². The Morgan fingerprint density at radius 3 is 1.85 bits per heavy atom. The van der Waals surface area contributed by atoms with Crippen molar-refractivity contribution in [1.29, 1.82) is 0 Å². The number of phosphoric ester groups is 1. The Morgan fingerprint density at radius 1 is 0.729 bits per heavy atom. The van der Waals surface area contributed by atoms with Crippen molar-refractivity contribution in [3.05, 3.63) is 85.1 Å². The lowest BCUT2D eigenvalue weighted by molar-refractivity contribution is -0.870. The molecule has 0 aliphatic carbocycles. The number of allylic oxidation sites excluding steroid dienone is 13. The number of rotatable bonds is 30. The van der Waals surface area contributed by atoms with Gasteiger partial charge in [0, 0.05) is 6.42 Å². The molecule has 0 rings (SSSR count). The first-order chi connectivity index (χ1) is 23.0. The van der Waals surface area contributed by atoms with Crippen LogP contribution in [-0.2, 0) is 18.4 Å². The van der Waals surface area contributed by atoms with Crippen LogP contribution in [0.15, 0.2) is 85.1 Å². The van der Waals surface area contributed by atoms with Crippen molar-refractivity contribution in [2.45, 2.75) is 116 Å². The van der Waals surface area contributed by atoms with E-state index < -0.39 is 20.0 Å². The van der Waals surface area contributed by atoms with E-state index in [1.54, 1.807) is 6.08 Å². The number of likely N-dealkylation sites (N-methyl/N-ethyl adjacent to an activating group) is 1. The van der Waals surface area contributed by atoms with Gasteiger partial charge in [-0.3, -0.25) is 13.8 Å². The third-order valence-corrected chi connectivity index (χ3v) is 8.06. The van der Waals surface area contributed by atoms with Crippen LogP contribution in [0.5, 0.6) is 0 Å². The highest BCUT2D eigenvalue weighted by atomic mass is 31.2. The third kappa shape index (κ3) is 32.2. The van der Waals surface area contributed by atoms with Gasteiger partial charge in [-0.15, -0.1) is 0 Å². The maximum absolute atomic E-state index is 12.7. The maximum Gasteiger partial charge on any atom is 0.472 e. The van der Waals surface area contributed by atoms with Gasteiger partial charge < -0.3 is 19.8 Å². The highest BCUT2D eigenvalue weighted by Gasteiger charge is 2.27. The van der Waals surface area contributed by atoms with Crippen molar-refractivity contribution in [2.24, 2.45) is 0 Å². The molecule has 0 fully saturated rings. The molecule has 274 valence electrons. The van der Waals surface area contributed by atoms with Crippen LogP contribution in [0.1, 0.15) is 104 Å². The first-order valence-corrected chi connectivity index (χ1v) is 19.5. The van der Waals surface area contributed by atoms with Gasteiger partial charge in [0.1, 0.15) is 13.2 Å². The van der Waals surface area contributed by atoms with Crippen molar-refractivity contribution < 1.29 is 32.9 Å². The molecule has 0 saturated carbocycles. The topological polar surface area (TPSA) is 105 Å². The molecule has 0 aromatic heterocycles. The summed E-state index contributed by atoms with van der Waals surface area (Å²) >= 11 is 0. The van der Waals surface area contributed by atoms with E-state index in [-0.39, 0.29) is 19.1 Å². The second-order valence-corrected chi connectivity index (χ2v) is 14.3. The first kappa shape index (κ1) is 45.7. The quantitative estimate of drug-likeness (QED) is 0.0301. The smallest absolute Gasteiger partial charge is 0.387 e. The van der Waals surface area contributed by atoms with Crippen LogP contribution in [0.25, 0.3) is 0 Å². The molecule has 3 unspecified atom stereocenters. The van der Waals surface area contributed by atoms with Crippen LogP contribution >= 0.6 is 7.82 Å². The zero-order valence-electron chi connectivity index (χ0n) is 30.7. The molecule has 0 aliphatic rings. The summed E-state index contributed by atoms with van der Waals surface area (Å²) in [6.07, 6.45) is 41.0. The Hall–Kier alpha value is -2.32. The van der Waals surface area contributed by atoms with Gasteiger partial charge in [0.2, 0.25) is 5.91 Å². The van der Waals surface area contributed by atoms with Gasteiger partial charge in [-0.1, -0.05) is 112 Å². The third-order valence-electron chi connectivity index (χ3n) is 7.08. The largest absolute Gasteiger partial charge is 0.472 e. The van der Waals surface area contributed by atoms with E-state index in [1.165, 1.54) is 0 Å². The van der Waals surface area contributed by atoms with Crippen LogP contribution in [0.3, 0.4) is 0 Å². The van der Waals surface area contributed by atoms with Crippen molar-refractivity contribution in [2.75, 3.05) is 40.9 Å². The molecule has 0 aromatic carbocycles. The molecule has 0 saturated heterocycles. The molecular formula is C39H68N2O6P+. The number of carbonyl (C=O) groups is 1. The van der Waals surface area contributed by atoms with Gasteiger partial charge in [0.05, 0.1) is 39.9 Å². The fraction of sp³-hybridized carbons (Fsp3) is 0.615. The zero-order valence-corrected chi connectivity index (χ0v) is 31.6. The molecule has 9 heteroatoms. The molecule has 3 N–H and O–H groups in total. The number of unbranched alkanes of at least 4 members (excludes halogenated alkanes) is 5. The number of nitrogens with zero attached hydrogens (tertiary/aromatic N) is 1. The van der Waals surface area contributed by atoms with E-state index >= 15 is 0 Å². The summed E-state index contributed by atoms with van der Waals surface area (Å²) in [6, 6.07) is -0.881. The lowest BCUT2D eigenvalue weighted by Crippen LogP contribution is -2.45. The lowest BCUT2D eigenvalue weighted by atomic mass is 10.1. The maximum atomic E-state index is 12.7. The summed E-state index contributed by atoms with van der Waals surface area (Å²) in [5.74, 6) is -0.229. The first-order valence-electron chi connectivity index (χ1n) is 18.0. The number of aliphatic hydroxyl groups is 1. The van der Waals surface area contributed by atoms with Crippen molar-refractivity contribution in [3.8, 4) is 0 Å². The lowest BCUT2D eigenvalue weighted by Gasteiger charge is -2.25. The fourth-order valence-corrected chi connectivity index (χ4v) is 4.94. The highest BCUT2D eigenvalue weighted by molar-refractivity contribution is 7.47. The molecule has 0 heterocycles. The Labute approximate surface area is 293 Å². The molecular weight excluding hydrogens is 623 g/mol. The molecule has 0 bridgehead atoms. The predicted octanol–water partition coefficient (Wildman–Crippen LogP) is 9.07. The van der Waals surface area contributed by atoms with E-state index in [4.69, 9.17) is 9.05 Å². The van der Waals surface area contributed by atoms with Crippen molar-refractivity contribution in [3.63, 3.8) is 0 Å². The standard InChI is InChI=1S/C39H67N2O6P/c1-6-8-10-12-14-15-16-17-18-19-20-21-22-23-24-25-27-29-31-33-39(43)40-37(38(42)32-30-28-26-13-11-9-7-2)36-47-48(44,45)46-35-34-41(3,4)5/h8,10-11,13-15,17-18,20-21,23-24,30,32,37-38,42H,6-7,9,12,16,19,22,25-29,31,33-36H2,1-5H3,(H-,40,43,44,45)/p+1/b10-8-,13-11+,15-14-,18-17-,21-20-,24-23-,32-30+. The van der Waals surface area contributed by atoms with E-state index in [2.05, 4.69) is 92.1 Å². The molecule has 0 radical (unpaired) electrons. The van der Waals surface area contributed by atoms with Gasteiger partial charge in [0.25, 0.3) is 0 Å². The highest BCUT2D eigenvalue weighted by Crippen LogP contribution is 2.43. The number of nitrogens with one attached hydrogen (secondary N) is 1. The number of quaternary nitrogens is 1. The number of carbonyl (C=O) groups excluding carboxylic acids is 1. The Kier molecular flexibility index (Phi) is 29.2. The second-order valence-electron chi connectivity index (χ2n) is 12.8. The minimum Gasteiger partial charge on any atom is -0.387 e. The molecule has 3 atom stereocenters. The number of phosphoric acid groups is 1. The van der Waals surface area contributed by atoms with E-state index in [0.29, 0.717) is 23.9 Å². The summed E-state index contributed by atoms with van der Waals surface area (Å²) in [4.78, 5) is 22.9. The Balaban J connectivity index is 4.52. The van der Waals surface area contributed by atoms with E-state index in [9.17, 15) is 19.4 Å². The van der Waals surface area contributed by atoms with Gasteiger partial charge in [-0.2, -0.15) is 0 Å². The molecule has 48 heavy (non-hydrogen) atoms. The second kappa shape index (κ2) is 30.7. The Morgan fingerprint density at radius 2 is 1.27 bits per heavy atom. The molecule has 0 aromatic rings. The van der Waals surface area contributed by atoms with Crippen LogP contribution in [0.2, 0.25) is 0 Å². The molecule has 8 nitrogen and oxygen atoms in total. The summed E-state index contributed by atoms with van der Waals surface area (Å²) in [5, 5.41) is 13.6. The summed E-state index contributed by atoms with van der Waals surface area (Å²) in [7, 11) is 1.51. The number of aliphatic hydroxyl groups excluding tert-OH is 1. The fourth-order valence-electron chi connectivity index (χ4n) is 4.20. The summed E-state index contributed by atoms with van der Waals surface area (Å²) in [6.45, 7) is 4.49. The molecule has 1 amide bonds. The van der Waals surface area contributed by atoms with E-state index in [0.717, 1.165) is 77.0 Å². The van der Waals surface area contributed by atoms with Crippen LogP contribution in [0, 0.1) is 0 Å². The minimum absolute atomic E-state index is 0.0436. The van der Waals surface area contributed by atoms with E-state index in [1.807, 2.05) is 27.2 Å². The number of hydrogen-bond acceptors (Lipinski definition) is 5. The van der Waals surface area contributed by atoms with Crippen LogP contribution < -0.4 is 5.32 Å². The predicted molar refractivity (Wildman–Crippen MR) is 203 cm³/mol. The SMILES string of the molecule is CC/C=C\C/C=C\C/C=C\C/C=C\C/C=C\CCCCCC(=O)NC(COP(=O)(O)OCC[N+](C)(C)C)C(O)/C=C/CC/C=C/CCC. The van der Waals surface area contributed by atoms with Crippen molar-refractivity contribution >= 4 is 13.7 Å². The summed E-state index contributed by atoms with van der Waals surface area (Å²) < 4.78 is 23.3. The number of amides is 1. The zero-order chi connectivity index (χ0) is 35.8. The average molecular weight is 692 g/mol. The number of hydrogen-bond donors (Lipinski definition) is 3. The van der Waals surface area contributed by atoms with Gasteiger partial charge in [-0.25, -0.2) is 4.57 Å². The van der Waals surface area contributed by atoms with Gasteiger partial charge >= 0.3 is 7.82 Å². The van der Waals surface area contributed by atoms with Gasteiger partial charge in [-0.05, 0) is 70.6 Å². The molecule has 0 aliphatic heterocycles. The van der Waals surface area contributed by atoms with Crippen LogP contribution in [0.4, 0.5) is 0 Å². The van der Waals surface area contributed by atoms with Crippen LogP contribution in [-0.4, -0.2) is 73.4 Å². The van der Waals surface area contributed by atoms with Crippen molar-refractivity contribution in [1.82, 2.24) is 5.32 Å².